The molecule has 16 heavy (non-hydrogen) atoms. The van der Waals surface area contributed by atoms with Crippen molar-refractivity contribution in [2.24, 2.45) is 5.73 Å². The molecule has 1 fully saturated rings. The van der Waals surface area contributed by atoms with E-state index in [1.807, 2.05) is 18.2 Å². The van der Waals surface area contributed by atoms with E-state index in [9.17, 15) is 4.79 Å². The topological polar surface area (TPSA) is 58.4 Å². The van der Waals surface area contributed by atoms with E-state index < -0.39 is 0 Å². The number of benzene rings is 1. The van der Waals surface area contributed by atoms with E-state index in [1.54, 1.807) is 0 Å². The average molecular weight is 284 g/mol. The summed E-state index contributed by atoms with van der Waals surface area (Å²) in [5.74, 6) is 0.0704. The first-order valence-electron chi connectivity index (χ1n) is 5.21. The third kappa shape index (κ3) is 2.36. The number of nitrogens with two attached hydrogens (primary N) is 1. The Morgan fingerprint density at radius 3 is 2.94 bits per heavy atom. The summed E-state index contributed by atoms with van der Waals surface area (Å²) in [4.78, 5) is 13.4. The minimum Gasteiger partial charge on any atom is -0.360 e. The number of nitrogens with zero attached hydrogens (tertiary/aromatic N) is 1. The zero-order valence-electron chi connectivity index (χ0n) is 8.87. The number of halogens is 1. The number of nitrogens with one attached hydrogen (secondary N) is 1. The molecular weight excluding hydrogens is 270 g/mol. The minimum absolute atomic E-state index is 0.0704. The Balaban J connectivity index is 2.22. The van der Waals surface area contributed by atoms with E-state index in [2.05, 4.69) is 26.1 Å². The van der Waals surface area contributed by atoms with Gasteiger partial charge in [-0.3, -0.25) is 4.79 Å². The molecule has 4 nitrogen and oxygen atoms in total. The lowest BCUT2D eigenvalue weighted by Gasteiger charge is -2.29. The van der Waals surface area contributed by atoms with Gasteiger partial charge < -0.3 is 16.0 Å². The maximum atomic E-state index is 11.3. The molecule has 0 spiro atoms. The highest BCUT2D eigenvalue weighted by molar-refractivity contribution is 9.10. The van der Waals surface area contributed by atoms with Gasteiger partial charge in [0.1, 0.15) is 0 Å². The summed E-state index contributed by atoms with van der Waals surface area (Å²) in [6.45, 7) is 2.48. The molecule has 0 aromatic heterocycles. The number of carbonyl (C=O) groups is 1. The van der Waals surface area contributed by atoms with Crippen LogP contribution in [-0.4, -0.2) is 25.5 Å². The third-order valence-electron chi connectivity index (χ3n) is 2.63. The van der Waals surface area contributed by atoms with Crippen LogP contribution in [0.4, 0.5) is 5.69 Å². The van der Waals surface area contributed by atoms with Crippen LogP contribution in [0.3, 0.4) is 0 Å². The molecular formula is C11H14BrN3O. The van der Waals surface area contributed by atoms with Crippen LogP contribution in [0.2, 0.25) is 0 Å². The van der Waals surface area contributed by atoms with Crippen molar-refractivity contribution in [3.63, 3.8) is 0 Å². The standard InChI is InChI=1S/C11H14BrN3O/c12-9-5-8(6-13)1-2-10(9)15-4-3-14-11(16)7-15/h1-2,5H,3-4,6-7,13H2,(H,14,16). The number of anilines is 1. The molecule has 2 rings (SSSR count). The van der Waals surface area contributed by atoms with Gasteiger partial charge in [0.15, 0.2) is 0 Å². The average Bonchev–Trinajstić information content (AvgIpc) is 2.28. The molecule has 0 saturated carbocycles. The number of rotatable bonds is 2. The van der Waals surface area contributed by atoms with Crippen molar-refractivity contribution >= 4 is 27.5 Å². The lowest BCUT2D eigenvalue weighted by molar-refractivity contribution is -0.120. The Kier molecular flexibility index (Phi) is 3.46. The van der Waals surface area contributed by atoms with E-state index >= 15 is 0 Å². The van der Waals surface area contributed by atoms with E-state index in [4.69, 9.17) is 5.73 Å². The predicted molar refractivity (Wildman–Crippen MR) is 67.3 cm³/mol. The van der Waals surface area contributed by atoms with Crippen LogP contribution in [0.25, 0.3) is 0 Å². The zero-order valence-corrected chi connectivity index (χ0v) is 10.5. The molecule has 0 radical (unpaired) electrons. The second-order valence-corrected chi connectivity index (χ2v) is 4.62. The molecule has 1 heterocycles. The third-order valence-corrected chi connectivity index (χ3v) is 3.26. The summed E-state index contributed by atoms with van der Waals surface area (Å²) in [6, 6.07) is 6.00. The largest absolute Gasteiger partial charge is 0.360 e. The number of carbonyl (C=O) groups excluding carboxylic acids is 1. The second kappa shape index (κ2) is 4.84. The van der Waals surface area contributed by atoms with Crippen molar-refractivity contribution in [3.05, 3.63) is 28.2 Å². The predicted octanol–water partition coefficient (Wildman–Crippen LogP) is 0.844. The maximum Gasteiger partial charge on any atom is 0.239 e. The normalized spacial score (nSPS) is 16.1. The Labute approximate surface area is 103 Å². The molecule has 1 aromatic rings. The van der Waals surface area contributed by atoms with Gasteiger partial charge in [-0.25, -0.2) is 0 Å². The van der Waals surface area contributed by atoms with Crippen LogP contribution < -0.4 is 16.0 Å². The van der Waals surface area contributed by atoms with Crippen molar-refractivity contribution in [3.8, 4) is 0 Å². The van der Waals surface area contributed by atoms with Crippen molar-refractivity contribution in [2.75, 3.05) is 24.5 Å². The van der Waals surface area contributed by atoms with Gasteiger partial charge in [-0.05, 0) is 33.6 Å². The van der Waals surface area contributed by atoms with E-state index in [0.717, 1.165) is 22.3 Å². The SMILES string of the molecule is NCc1ccc(N2CCNC(=O)C2)c(Br)c1. The molecule has 1 saturated heterocycles. The smallest absolute Gasteiger partial charge is 0.239 e. The fourth-order valence-corrected chi connectivity index (χ4v) is 2.46. The minimum atomic E-state index is 0.0704. The van der Waals surface area contributed by atoms with Gasteiger partial charge in [0.25, 0.3) is 0 Å². The van der Waals surface area contributed by atoms with Crippen LogP contribution >= 0.6 is 15.9 Å². The van der Waals surface area contributed by atoms with Crippen LogP contribution in [0.5, 0.6) is 0 Å². The Hall–Kier alpha value is -1.07. The van der Waals surface area contributed by atoms with Gasteiger partial charge in [-0.15, -0.1) is 0 Å². The second-order valence-electron chi connectivity index (χ2n) is 3.76. The summed E-state index contributed by atoms with van der Waals surface area (Å²) in [6.07, 6.45) is 0. The van der Waals surface area contributed by atoms with Gasteiger partial charge in [0.2, 0.25) is 5.91 Å². The molecule has 0 atom stereocenters. The van der Waals surface area contributed by atoms with Gasteiger partial charge in [-0.2, -0.15) is 0 Å². The molecule has 1 aliphatic heterocycles. The molecule has 0 unspecified atom stereocenters. The monoisotopic (exact) mass is 283 g/mol. The van der Waals surface area contributed by atoms with Crippen molar-refractivity contribution in [1.29, 1.82) is 0 Å². The molecule has 0 aliphatic carbocycles. The maximum absolute atomic E-state index is 11.3. The van der Waals surface area contributed by atoms with Gasteiger partial charge in [0.05, 0.1) is 12.2 Å². The fourth-order valence-electron chi connectivity index (χ4n) is 1.78. The highest BCUT2D eigenvalue weighted by Crippen LogP contribution is 2.27. The molecule has 1 amide bonds. The highest BCUT2D eigenvalue weighted by Gasteiger charge is 2.18. The molecule has 3 N–H and O–H groups in total. The fraction of sp³-hybridized carbons (Fsp3) is 0.364. The summed E-state index contributed by atoms with van der Waals surface area (Å²) in [7, 11) is 0. The Morgan fingerprint density at radius 1 is 1.50 bits per heavy atom. The van der Waals surface area contributed by atoms with E-state index in [1.165, 1.54) is 0 Å². The molecule has 0 bridgehead atoms. The molecule has 1 aliphatic rings. The van der Waals surface area contributed by atoms with Crippen molar-refractivity contribution in [1.82, 2.24) is 5.32 Å². The lowest BCUT2D eigenvalue weighted by atomic mass is 10.2. The summed E-state index contributed by atoms with van der Waals surface area (Å²) in [5, 5.41) is 2.81. The Morgan fingerprint density at radius 2 is 2.31 bits per heavy atom. The summed E-state index contributed by atoms with van der Waals surface area (Å²) >= 11 is 3.51. The van der Waals surface area contributed by atoms with Crippen LogP contribution in [0.1, 0.15) is 5.56 Å². The van der Waals surface area contributed by atoms with Crippen LogP contribution in [0.15, 0.2) is 22.7 Å². The summed E-state index contributed by atoms with van der Waals surface area (Å²) < 4.78 is 0.991. The highest BCUT2D eigenvalue weighted by atomic mass is 79.9. The number of hydrogen-bond donors (Lipinski definition) is 2. The molecule has 5 heteroatoms. The Bertz CT molecular complexity index is 408. The summed E-state index contributed by atoms with van der Waals surface area (Å²) in [5.41, 5.74) is 7.70. The first-order chi connectivity index (χ1) is 7.70. The quantitative estimate of drug-likeness (QED) is 0.846. The van der Waals surface area contributed by atoms with E-state index in [0.29, 0.717) is 19.6 Å². The van der Waals surface area contributed by atoms with Gasteiger partial charge >= 0.3 is 0 Å². The van der Waals surface area contributed by atoms with E-state index in [-0.39, 0.29) is 5.91 Å². The first kappa shape index (κ1) is 11.4. The molecule has 86 valence electrons. The number of hydrogen-bond acceptors (Lipinski definition) is 3. The van der Waals surface area contributed by atoms with Crippen LogP contribution in [-0.2, 0) is 11.3 Å². The molecule has 1 aromatic carbocycles. The van der Waals surface area contributed by atoms with Crippen molar-refractivity contribution < 1.29 is 4.79 Å². The van der Waals surface area contributed by atoms with Crippen molar-refractivity contribution in [2.45, 2.75) is 6.54 Å². The van der Waals surface area contributed by atoms with Crippen LogP contribution in [0, 0.1) is 0 Å². The first-order valence-corrected chi connectivity index (χ1v) is 6.00. The zero-order chi connectivity index (χ0) is 11.5. The van der Waals surface area contributed by atoms with Gasteiger partial charge in [0, 0.05) is 24.1 Å². The lowest BCUT2D eigenvalue weighted by Crippen LogP contribution is -2.47. The number of piperazine rings is 1. The number of amides is 1. The van der Waals surface area contributed by atoms with Gasteiger partial charge in [-0.1, -0.05) is 6.07 Å².